The highest BCUT2D eigenvalue weighted by Gasteiger charge is 2.19. The number of hydrogen-bond donors (Lipinski definition) is 1. The molecule has 25 heavy (non-hydrogen) atoms. The van der Waals surface area contributed by atoms with E-state index in [0.717, 1.165) is 16.7 Å². The maximum absolute atomic E-state index is 12.7. The van der Waals surface area contributed by atoms with Gasteiger partial charge in [0.1, 0.15) is 10.6 Å². The Kier molecular flexibility index (Phi) is 5.53. The minimum absolute atomic E-state index is 0.157. The first-order valence-electron chi connectivity index (χ1n) is 7.94. The summed E-state index contributed by atoms with van der Waals surface area (Å²) in [5.41, 5.74) is 3.05. The largest absolute Gasteiger partial charge is 0.492 e. The smallest absolute Gasteiger partial charge is 0.244 e. The Labute approximate surface area is 152 Å². The Morgan fingerprint density at radius 2 is 1.80 bits per heavy atom. The zero-order chi connectivity index (χ0) is 17.7. The molecule has 0 amide bonds. The van der Waals surface area contributed by atoms with Crippen LogP contribution in [0, 0.1) is 0 Å². The number of sulfonamides is 1. The molecule has 2 aromatic carbocycles. The van der Waals surface area contributed by atoms with Crippen LogP contribution in [-0.2, 0) is 16.6 Å². The van der Waals surface area contributed by atoms with Gasteiger partial charge in [-0.05, 0) is 52.6 Å². The van der Waals surface area contributed by atoms with Gasteiger partial charge in [-0.3, -0.25) is 0 Å². The lowest BCUT2D eigenvalue weighted by Gasteiger charge is -2.13. The first kappa shape index (κ1) is 17.7. The van der Waals surface area contributed by atoms with E-state index in [2.05, 4.69) is 10.1 Å². The highest BCUT2D eigenvalue weighted by Crippen LogP contribution is 2.27. The average Bonchev–Trinajstić information content (AvgIpc) is 3.15. The summed E-state index contributed by atoms with van der Waals surface area (Å²) in [4.78, 5) is 0.157. The van der Waals surface area contributed by atoms with Gasteiger partial charge in [-0.1, -0.05) is 36.4 Å². The van der Waals surface area contributed by atoms with Gasteiger partial charge in [0.2, 0.25) is 10.0 Å². The predicted molar refractivity (Wildman–Crippen MR) is 101 cm³/mol. The van der Waals surface area contributed by atoms with E-state index in [1.165, 1.54) is 0 Å². The van der Waals surface area contributed by atoms with Crippen molar-refractivity contribution in [2.75, 3.05) is 6.61 Å². The summed E-state index contributed by atoms with van der Waals surface area (Å²) in [7, 11) is -3.67. The van der Waals surface area contributed by atoms with E-state index in [0.29, 0.717) is 12.4 Å². The molecule has 0 saturated heterocycles. The van der Waals surface area contributed by atoms with Crippen molar-refractivity contribution in [2.24, 2.45) is 0 Å². The summed E-state index contributed by atoms with van der Waals surface area (Å²) in [6, 6.07) is 16.5. The third kappa shape index (κ3) is 4.10. The normalized spacial score (nSPS) is 11.4. The highest BCUT2D eigenvalue weighted by atomic mass is 32.2. The van der Waals surface area contributed by atoms with Crippen molar-refractivity contribution >= 4 is 21.4 Å². The molecule has 130 valence electrons. The summed E-state index contributed by atoms with van der Waals surface area (Å²) in [5, 5.41) is 4.06. The third-order valence-electron chi connectivity index (χ3n) is 3.74. The van der Waals surface area contributed by atoms with Gasteiger partial charge in [-0.2, -0.15) is 11.3 Å². The topological polar surface area (TPSA) is 55.4 Å². The zero-order valence-electron chi connectivity index (χ0n) is 13.8. The van der Waals surface area contributed by atoms with Crippen LogP contribution in [0.5, 0.6) is 5.75 Å². The maximum atomic E-state index is 12.7. The van der Waals surface area contributed by atoms with Crippen molar-refractivity contribution in [3.63, 3.8) is 0 Å². The van der Waals surface area contributed by atoms with Crippen LogP contribution in [0.4, 0.5) is 0 Å². The van der Waals surface area contributed by atoms with Crippen LogP contribution in [-0.4, -0.2) is 15.0 Å². The van der Waals surface area contributed by atoms with Crippen LogP contribution in [0.3, 0.4) is 0 Å². The van der Waals surface area contributed by atoms with E-state index >= 15 is 0 Å². The van der Waals surface area contributed by atoms with Crippen molar-refractivity contribution in [1.82, 2.24) is 4.72 Å². The molecule has 6 heteroatoms. The lowest BCUT2D eigenvalue weighted by molar-refractivity contribution is 0.331. The molecule has 0 unspecified atom stereocenters. The van der Waals surface area contributed by atoms with Crippen LogP contribution in [0.25, 0.3) is 11.1 Å². The Morgan fingerprint density at radius 3 is 2.56 bits per heavy atom. The van der Waals surface area contributed by atoms with Crippen molar-refractivity contribution < 1.29 is 13.2 Å². The molecule has 1 heterocycles. The Morgan fingerprint density at radius 1 is 1.04 bits per heavy atom. The standard InChI is InChI=1S/C19H19NO3S2/c1-2-23-18-9-5-6-10-19(18)25(21,22)20-13-15-7-3-4-8-17(15)16-11-12-24-14-16/h3-12,14,20H,2,13H2,1H3. The number of ether oxygens (including phenoxy) is 1. The second-order valence-corrected chi connectivity index (χ2v) is 7.89. The number of thiophene rings is 1. The van der Waals surface area contributed by atoms with E-state index in [4.69, 9.17) is 4.74 Å². The predicted octanol–water partition coefficient (Wildman–Crippen LogP) is 4.29. The van der Waals surface area contributed by atoms with Crippen molar-refractivity contribution in [2.45, 2.75) is 18.4 Å². The van der Waals surface area contributed by atoms with Gasteiger partial charge in [0.15, 0.2) is 0 Å². The number of para-hydroxylation sites is 1. The quantitative estimate of drug-likeness (QED) is 0.672. The van der Waals surface area contributed by atoms with E-state index in [1.54, 1.807) is 35.6 Å². The third-order valence-corrected chi connectivity index (χ3v) is 5.86. The molecule has 0 saturated carbocycles. The first-order chi connectivity index (χ1) is 12.1. The summed E-state index contributed by atoms with van der Waals surface area (Å²) in [6.45, 7) is 2.45. The van der Waals surface area contributed by atoms with E-state index < -0.39 is 10.0 Å². The van der Waals surface area contributed by atoms with Crippen molar-refractivity contribution in [3.05, 3.63) is 70.9 Å². The van der Waals surface area contributed by atoms with Gasteiger partial charge < -0.3 is 4.74 Å². The Bertz CT molecular complexity index is 935. The van der Waals surface area contributed by atoms with Crippen LogP contribution in [0.1, 0.15) is 12.5 Å². The van der Waals surface area contributed by atoms with Gasteiger partial charge in [-0.25, -0.2) is 13.1 Å². The molecule has 0 atom stereocenters. The molecular weight excluding hydrogens is 354 g/mol. The molecule has 1 N–H and O–H groups in total. The van der Waals surface area contributed by atoms with Crippen LogP contribution >= 0.6 is 11.3 Å². The minimum atomic E-state index is -3.67. The molecular formula is C19H19NO3S2. The second-order valence-electron chi connectivity index (χ2n) is 5.37. The fourth-order valence-corrected chi connectivity index (χ4v) is 4.38. The molecule has 0 bridgehead atoms. The molecule has 3 rings (SSSR count). The summed E-state index contributed by atoms with van der Waals surface area (Å²) < 4.78 is 33.5. The van der Waals surface area contributed by atoms with Gasteiger partial charge in [0.25, 0.3) is 0 Å². The van der Waals surface area contributed by atoms with Crippen molar-refractivity contribution in [1.29, 1.82) is 0 Å². The number of hydrogen-bond acceptors (Lipinski definition) is 4. The Balaban J connectivity index is 1.85. The molecule has 0 fully saturated rings. The number of rotatable bonds is 7. The molecule has 0 spiro atoms. The van der Waals surface area contributed by atoms with E-state index in [-0.39, 0.29) is 11.4 Å². The lowest BCUT2D eigenvalue weighted by atomic mass is 10.0. The summed E-state index contributed by atoms with van der Waals surface area (Å²) in [5.74, 6) is 0.364. The number of nitrogens with one attached hydrogen (secondary N) is 1. The van der Waals surface area contributed by atoms with E-state index in [1.807, 2.05) is 42.6 Å². The van der Waals surface area contributed by atoms with Gasteiger partial charge in [0, 0.05) is 6.54 Å². The SMILES string of the molecule is CCOc1ccccc1S(=O)(=O)NCc1ccccc1-c1ccsc1. The molecule has 0 aliphatic heterocycles. The molecule has 4 nitrogen and oxygen atoms in total. The maximum Gasteiger partial charge on any atom is 0.244 e. The molecule has 0 radical (unpaired) electrons. The fraction of sp³-hybridized carbons (Fsp3) is 0.158. The highest BCUT2D eigenvalue weighted by molar-refractivity contribution is 7.89. The van der Waals surface area contributed by atoms with Crippen LogP contribution in [0.2, 0.25) is 0 Å². The number of benzene rings is 2. The minimum Gasteiger partial charge on any atom is -0.492 e. The first-order valence-corrected chi connectivity index (χ1v) is 10.4. The lowest BCUT2D eigenvalue weighted by Crippen LogP contribution is -2.24. The van der Waals surface area contributed by atoms with Crippen LogP contribution < -0.4 is 9.46 Å². The second kappa shape index (κ2) is 7.82. The Hall–Kier alpha value is -2.15. The zero-order valence-corrected chi connectivity index (χ0v) is 15.4. The van der Waals surface area contributed by atoms with Gasteiger partial charge in [-0.15, -0.1) is 0 Å². The molecule has 0 aliphatic rings. The monoisotopic (exact) mass is 373 g/mol. The molecule has 3 aromatic rings. The van der Waals surface area contributed by atoms with Crippen LogP contribution in [0.15, 0.2) is 70.3 Å². The average molecular weight is 373 g/mol. The molecule has 0 aliphatic carbocycles. The summed E-state index contributed by atoms with van der Waals surface area (Å²) >= 11 is 1.62. The summed E-state index contributed by atoms with van der Waals surface area (Å²) in [6.07, 6.45) is 0. The fourth-order valence-electron chi connectivity index (χ4n) is 2.57. The van der Waals surface area contributed by atoms with Gasteiger partial charge in [0.05, 0.1) is 6.61 Å². The van der Waals surface area contributed by atoms with Crippen molar-refractivity contribution in [3.8, 4) is 16.9 Å². The van der Waals surface area contributed by atoms with Gasteiger partial charge >= 0.3 is 0 Å². The van der Waals surface area contributed by atoms with E-state index in [9.17, 15) is 8.42 Å². The molecule has 1 aromatic heterocycles.